The molecule has 2 aromatic rings. The SMILES string of the molecule is CC.CC.CC[C@](C)(C(C)C)N1CC=c2ccccc2=C1c1ccccc1. The summed E-state index contributed by atoms with van der Waals surface area (Å²) in [6.07, 6.45) is 3.51. The second-order valence-electron chi connectivity index (χ2n) is 6.98. The van der Waals surface area contributed by atoms with Crippen molar-refractivity contribution >= 4 is 11.8 Å². The van der Waals surface area contributed by atoms with Crippen molar-refractivity contribution in [3.63, 3.8) is 0 Å². The van der Waals surface area contributed by atoms with Crippen molar-refractivity contribution in [2.45, 2.75) is 67.3 Å². The normalized spacial score (nSPS) is 14.7. The number of hydrogen-bond acceptors (Lipinski definition) is 1. The van der Waals surface area contributed by atoms with Gasteiger partial charge in [-0.05, 0) is 30.0 Å². The Balaban J connectivity index is 0.000000855. The molecule has 0 bridgehead atoms. The molecule has 27 heavy (non-hydrogen) atoms. The Hall–Kier alpha value is -2.02. The Morgan fingerprint density at radius 1 is 0.889 bits per heavy atom. The second kappa shape index (κ2) is 11.0. The lowest BCUT2D eigenvalue weighted by Crippen LogP contribution is -2.53. The Morgan fingerprint density at radius 3 is 2.00 bits per heavy atom. The lowest BCUT2D eigenvalue weighted by atomic mass is 9.82. The third-order valence-electron chi connectivity index (χ3n) is 5.60. The van der Waals surface area contributed by atoms with E-state index in [0.717, 1.165) is 13.0 Å². The van der Waals surface area contributed by atoms with E-state index >= 15 is 0 Å². The highest BCUT2D eigenvalue weighted by molar-refractivity contribution is 5.67. The number of benzene rings is 2. The van der Waals surface area contributed by atoms with Crippen LogP contribution in [-0.2, 0) is 0 Å². The minimum Gasteiger partial charge on any atom is -0.361 e. The maximum atomic E-state index is 2.62. The van der Waals surface area contributed by atoms with Gasteiger partial charge in [0.15, 0.2) is 0 Å². The Kier molecular flexibility index (Phi) is 9.35. The Bertz CT molecular complexity index is 788. The van der Waals surface area contributed by atoms with Crippen LogP contribution in [0, 0.1) is 5.92 Å². The molecule has 1 aliphatic heterocycles. The zero-order chi connectivity index (χ0) is 20.4. The van der Waals surface area contributed by atoms with Gasteiger partial charge in [-0.3, -0.25) is 0 Å². The van der Waals surface area contributed by atoms with Crippen LogP contribution in [0.15, 0.2) is 54.6 Å². The molecule has 1 nitrogen and oxygen atoms in total. The van der Waals surface area contributed by atoms with Gasteiger partial charge in [0.1, 0.15) is 0 Å². The zero-order valence-electron chi connectivity index (χ0n) is 18.7. The van der Waals surface area contributed by atoms with E-state index in [1.54, 1.807) is 0 Å². The van der Waals surface area contributed by atoms with Crippen LogP contribution in [0.4, 0.5) is 0 Å². The molecule has 1 atom stereocenters. The van der Waals surface area contributed by atoms with Gasteiger partial charge >= 0.3 is 0 Å². The molecule has 0 amide bonds. The van der Waals surface area contributed by atoms with Crippen molar-refractivity contribution < 1.29 is 0 Å². The first kappa shape index (κ1) is 23.0. The van der Waals surface area contributed by atoms with Crippen molar-refractivity contribution in [2.24, 2.45) is 5.92 Å². The summed E-state index contributed by atoms with van der Waals surface area (Å²) in [5.74, 6) is 0.588. The molecule has 1 aliphatic rings. The molecule has 0 aliphatic carbocycles. The Morgan fingerprint density at radius 2 is 1.44 bits per heavy atom. The summed E-state index contributed by atoms with van der Waals surface area (Å²) in [7, 11) is 0. The molecule has 0 saturated carbocycles. The average Bonchev–Trinajstić information content (AvgIpc) is 2.75. The van der Waals surface area contributed by atoms with Crippen molar-refractivity contribution in [1.29, 1.82) is 0 Å². The highest BCUT2D eigenvalue weighted by Crippen LogP contribution is 2.34. The van der Waals surface area contributed by atoms with Gasteiger partial charge in [0.25, 0.3) is 0 Å². The number of hydrogen-bond donors (Lipinski definition) is 0. The van der Waals surface area contributed by atoms with Crippen molar-refractivity contribution in [1.82, 2.24) is 4.90 Å². The third kappa shape index (κ3) is 4.83. The zero-order valence-corrected chi connectivity index (χ0v) is 18.7. The van der Waals surface area contributed by atoms with E-state index in [-0.39, 0.29) is 5.54 Å². The van der Waals surface area contributed by atoms with E-state index in [1.807, 2.05) is 27.7 Å². The predicted octanol–water partition coefficient (Wildman–Crippen LogP) is 5.82. The van der Waals surface area contributed by atoms with Crippen molar-refractivity contribution in [3.8, 4) is 0 Å². The van der Waals surface area contributed by atoms with Crippen molar-refractivity contribution in [3.05, 3.63) is 70.6 Å². The fourth-order valence-electron chi connectivity index (χ4n) is 3.60. The van der Waals surface area contributed by atoms with E-state index in [0.29, 0.717) is 5.92 Å². The molecule has 0 saturated heterocycles. The molecule has 0 N–H and O–H groups in total. The quantitative estimate of drug-likeness (QED) is 0.660. The summed E-state index contributed by atoms with van der Waals surface area (Å²) in [6, 6.07) is 19.6. The second-order valence-corrected chi connectivity index (χ2v) is 6.98. The summed E-state index contributed by atoms with van der Waals surface area (Å²) >= 11 is 0. The molecular formula is C26H39N. The highest BCUT2D eigenvalue weighted by Gasteiger charge is 2.35. The maximum absolute atomic E-state index is 2.62. The fourth-order valence-corrected chi connectivity index (χ4v) is 3.60. The molecule has 0 fully saturated rings. The monoisotopic (exact) mass is 365 g/mol. The van der Waals surface area contributed by atoms with Crippen LogP contribution < -0.4 is 10.4 Å². The van der Waals surface area contributed by atoms with Crippen LogP contribution in [0.3, 0.4) is 0 Å². The average molecular weight is 366 g/mol. The summed E-state index contributed by atoms with van der Waals surface area (Å²) in [5, 5.41) is 2.70. The van der Waals surface area contributed by atoms with E-state index < -0.39 is 0 Å². The van der Waals surface area contributed by atoms with E-state index in [1.165, 1.54) is 21.7 Å². The molecule has 1 heteroatoms. The third-order valence-corrected chi connectivity index (χ3v) is 5.60. The smallest absolute Gasteiger partial charge is 0.0526 e. The van der Waals surface area contributed by atoms with Crippen LogP contribution >= 0.6 is 0 Å². The van der Waals surface area contributed by atoms with Gasteiger partial charge in [-0.25, -0.2) is 0 Å². The predicted molar refractivity (Wildman–Crippen MR) is 122 cm³/mol. The lowest BCUT2D eigenvalue weighted by Gasteiger charge is -2.47. The topological polar surface area (TPSA) is 3.24 Å². The van der Waals surface area contributed by atoms with E-state index in [9.17, 15) is 0 Å². The van der Waals surface area contributed by atoms with Crippen LogP contribution in [0.1, 0.15) is 67.4 Å². The maximum Gasteiger partial charge on any atom is 0.0526 e. The Labute approximate surface area is 167 Å². The first-order chi connectivity index (χ1) is 13.1. The van der Waals surface area contributed by atoms with Gasteiger partial charge in [0, 0.05) is 17.3 Å². The number of rotatable bonds is 4. The lowest BCUT2D eigenvalue weighted by molar-refractivity contribution is 0.129. The molecule has 3 rings (SSSR count). The highest BCUT2D eigenvalue weighted by atomic mass is 15.2. The van der Waals surface area contributed by atoms with Gasteiger partial charge in [-0.2, -0.15) is 0 Å². The molecule has 148 valence electrons. The first-order valence-corrected chi connectivity index (χ1v) is 10.7. The molecule has 0 radical (unpaired) electrons. The van der Waals surface area contributed by atoms with Crippen LogP contribution in [0.5, 0.6) is 0 Å². The van der Waals surface area contributed by atoms with Gasteiger partial charge in [-0.1, -0.05) is 109 Å². The van der Waals surface area contributed by atoms with Crippen molar-refractivity contribution in [2.75, 3.05) is 6.54 Å². The minimum absolute atomic E-state index is 0.148. The van der Waals surface area contributed by atoms with E-state index in [2.05, 4.69) is 93.3 Å². The molecule has 0 unspecified atom stereocenters. The summed E-state index contributed by atoms with van der Waals surface area (Å²) < 4.78 is 0. The van der Waals surface area contributed by atoms with Crippen LogP contribution in [0.25, 0.3) is 11.8 Å². The number of fused-ring (bicyclic) bond motifs is 1. The molecule has 1 heterocycles. The minimum atomic E-state index is 0.148. The molecule has 2 aromatic carbocycles. The standard InChI is InChI=1S/C22H27N.2C2H6/c1-5-22(4,17(2)3)23-16-15-18-11-9-10-14-20(18)21(23)19-12-7-6-8-13-19;2*1-2/h6-15,17H,5,16H2,1-4H3;2*1-2H3/t22-;;/m1../s1. The van der Waals surface area contributed by atoms with Gasteiger partial charge in [-0.15, -0.1) is 0 Å². The molecular weight excluding hydrogens is 326 g/mol. The van der Waals surface area contributed by atoms with Crippen LogP contribution in [0.2, 0.25) is 0 Å². The fraction of sp³-hybridized carbons (Fsp3) is 0.462. The first-order valence-electron chi connectivity index (χ1n) is 10.7. The van der Waals surface area contributed by atoms with Crippen LogP contribution in [-0.4, -0.2) is 17.0 Å². The van der Waals surface area contributed by atoms with Gasteiger partial charge < -0.3 is 4.90 Å². The van der Waals surface area contributed by atoms with Gasteiger partial charge in [0.2, 0.25) is 0 Å². The summed E-state index contributed by atoms with van der Waals surface area (Å²) in [6.45, 7) is 18.4. The molecule has 0 aromatic heterocycles. The summed E-state index contributed by atoms with van der Waals surface area (Å²) in [5.41, 5.74) is 2.84. The van der Waals surface area contributed by atoms with E-state index in [4.69, 9.17) is 0 Å². The summed E-state index contributed by atoms with van der Waals surface area (Å²) in [4.78, 5) is 2.62. The largest absolute Gasteiger partial charge is 0.361 e. The van der Waals surface area contributed by atoms with Gasteiger partial charge in [0.05, 0.1) is 5.70 Å². The molecule has 0 spiro atoms. The number of nitrogens with zero attached hydrogens (tertiary/aromatic N) is 1.